The van der Waals surface area contributed by atoms with Crippen molar-refractivity contribution in [3.63, 3.8) is 0 Å². The van der Waals surface area contributed by atoms with Crippen LogP contribution >= 0.6 is 11.8 Å². The van der Waals surface area contributed by atoms with E-state index in [4.69, 9.17) is 5.73 Å². The lowest BCUT2D eigenvalue weighted by Crippen LogP contribution is -2.43. The first-order valence-corrected chi connectivity index (χ1v) is 6.63. The summed E-state index contributed by atoms with van der Waals surface area (Å²) >= 11 is 1.26. The summed E-state index contributed by atoms with van der Waals surface area (Å²) in [5.41, 5.74) is 5.25. The molecule has 1 aromatic carbocycles. The van der Waals surface area contributed by atoms with E-state index in [0.29, 0.717) is 17.2 Å². The number of carbonyl (C=O) groups excluding carboxylic acids is 1. The van der Waals surface area contributed by atoms with Crippen LogP contribution in [0.3, 0.4) is 0 Å². The molecule has 0 saturated carbocycles. The largest absolute Gasteiger partial charge is 0.368 e. The van der Waals surface area contributed by atoms with Gasteiger partial charge in [0.1, 0.15) is 0 Å². The number of benzene rings is 1. The molecule has 0 fully saturated rings. The zero-order valence-corrected chi connectivity index (χ0v) is 10.9. The van der Waals surface area contributed by atoms with Gasteiger partial charge in [0.25, 0.3) is 0 Å². The molecule has 1 aromatic rings. The summed E-state index contributed by atoms with van der Waals surface area (Å²) in [5, 5.41) is 3.00. The quantitative estimate of drug-likeness (QED) is 0.747. The van der Waals surface area contributed by atoms with Crippen molar-refractivity contribution in [2.75, 3.05) is 12.3 Å². The molecule has 0 radical (unpaired) electrons. The number of hydrogen-bond donors (Lipinski definition) is 2. The van der Waals surface area contributed by atoms with Gasteiger partial charge in [-0.2, -0.15) is 0 Å². The number of amides is 1. The first-order chi connectivity index (χ1) is 8.54. The van der Waals surface area contributed by atoms with E-state index in [1.165, 1.54) is 17.8 Å². The van der Waals surface area contributed by atoms with Crippen LogP contribution in [0.2, 0.25) is 0 Å². The smallest absolute Gasteiger partial charge is 0.235 e. The summed E-state index contributed by atoms with van der Waals surface area (Å²) < 4.78 is 25.7. The monoisotopic (exact) mass is 274 g/mol. The standard InChI is InChI=1S/C12H16F2N2OS/c1-2-5-16-11(12(15)17)7-18-8-3-4-9(13)10(14)6-8/h3-4,6,11,16H,2,5,7H2,1H3,(H2,15,17). The molecule has 1 amide bonds. The van der Waals surface area contributed by atoms with E-state index in [0.717, 1.165) is 18.6 Å². The normalized spacial score (nSPS) is 12.4. The third kappa shape index (κ3) is 4.62. The molecule has 0 spiro atoms. The summed E-state index contributed by atoms with van der Waals surface area (Å²) in [4.78, 5) is 11.7. The Morgan fingerprint density at radius 3 is 2.72 bits per heavy atom. The average Bonchev–Trinajstić information content (AvgIpc) is 2.33. The van der Waals surface area contributed by atoms with Gasteiger partial charge in [-0.3, -0.25) is 4.79 Å². The molecule has 6 heteroatoms. The van der Waals surface area contributed by atoms with Crippen molar-refractivity contribution in [1.82, 2.24) is 5.32 Å². The van der Waals surface area contributed by atoms with Gasteiger partial charge < -0.3 is 11.1 Å². The summed E-state index contributed by atoms with van der Waals surface area (Å²) in [7, 11) is 0. The first-order valence-electron chi connectivity index (χ1n) is 5.65. The predicted octanol–water partition coefficient (Wildman–Crippen LogP) is 1.91. The van der Waals surface area contributed by atoms with Crippen LogP contribution in [0.1, 0.15) is 13.3 Å². The first kappa shape index (κ1) is 14.9. The second-order valence-electron chi connectivity index (χ2n) is 3.80. The number of nitrogens with two attached hydrogens (primary N) is 1. The Kier molecular flexibility index (Phi) is 6.07. The van der Waals surface area contributed by atoms with E-state index in [1.807, 2.05) is 6.92 Å². The molecule has 0 aliphatic carbocycles. The second kappa shape index (κ2) is 7.33. The summed E-state index contributed by atoms with van der Waals surface area (Å²) in [6, 6.07) is 3.18. The Hall–Kier alpha value is -1.14. The molecule has 18 heavy (non-hydrogen) atoms. The van der Waals surface area contributed by atoms with Crippen molar-refractivity contribution < 1.29 is 13.6 Å². The lowest BCUT2D eigenvalue weighted by Gasteiger charge is -2.14. The molecule has 100 valence electrons. The molecular weight excluding hydrogens is 258 g/mol. The molecule has 1 unspecified atom stereocenters. The topological polar surface area (TPSA) is 55.1 Å². The Bertz CT molecular complexity index is 415. The van der Waals surface area contributed by atoms with Gasteiger partial charge in [-0.15, -0.1) is 11.8 Å². The summed E-state index contributed by atoms with van der Waals surface area (Å²) in [6.07, 6.45) is 0.889. The Labute approximate surface area is 109 Å². The Balaban J connectivity index is 2.55. The molecule has 0 aliphatic rings. The minimum Gasteiger partial charge on any atom is -0.368 e. The molecule has 0 bridgehead atoms. The Morgan fingerprint density at radius 1 is 1.44 bits per heavy atom. The van der Waals surface area contributed by atoms with E-state index in [-0.39, 0.29) is 0 Å². The molecule has 3 nitrogen and oxygen atoms in total. The van der Waals surface area contributed by atoms with Crippen LogP contribution < -0.4 is 11.1 Å². The number of hydrogen-bond acceptors (Lipinski definition) is 3. The number of rotatable bonds is 7. The van der Waals surface area contributed by atoms with E-state index in [2.05, 4.69) is 5.32 Å². The SMILES string of the molecule is CCCNC(CSc1ccc(F)c(F)c1)C(N)=O. The molecule has 0 aromatic heterocycles. The van der Waals surface area contributed by atoms with Crippen LogP contribution in [0.5, 0.6) is 0 Å². The van der Waals surface area contributed by atoms with Gasteiger partial charge >= 0.3 is 0 Å². The van der Waals surface area contributed by atoms with Crippen LogP contribution in [-0.2, 0) is 4.79 Å². The zero-order chi connectivity index (χ0) is 13.5. The fourth-order valence-corrected chi connectivity index (χ4v) is 2.30. The highest BCUT2D eigenvalue weighted by Crippen LogP contribution is 2.21. The Morgan fingerprint density at radius 2 is 2.17 bits per heavy atom. The van der Waals surface area contributed by atoms with E-state index >= 15 is 0 Å². The van der Waals surface area contributed by atoms with E-state index < -0.39 is 23.6 Å². The highest BCUT2D eigenvalue weighted by Gasteiger charge is 2.14. The van der Waals surface area contributed by atoms with Crippen LogP contribution in [0.25, 0.3) is 0 Å². The fourth-order valence-electron chi connectivity index (χ4n) is 1.31. The predicted molar refractivity (Wildman–Crippen MR) is 68.4 cm³/mol. The number of halogens is 2. The molecular formula is C12H16F2N2OS. The lowest BCUT2D eigenvalue weighted by atomic mass is 10.3. The van der Waals surface area contributed by atoms with Crippen LogP contribution in [-0.4, -0.2) is 24.2 Å². The zero-order valence-electron chi connectivity index (χ0n) is 10.1. The maximum absolute atomic E-state index is 13.0. The second-order valence-corrected chi connectivity index (χ2v) is 4.89. The highest BCUT2D eigenvalue weighted by atomic mass is 32.2. The minimum atomic E-state index is -0.892. The third-order valence-corrected chi connectivity index (χ3v) is 3.38. The van der Waals surface area contributed by atoms with Gasteiger partial charge in [0.05, 0.1) is 6.04 Å². The van der Waals surface area contributed by atoms with E-state index in [1.54, 1.807) is 0 Å². The average molecular weight is 274 g/mol. The third-order valence-electron chi connectivity index (χ3n) is 2.29. The van der Waals surface area contributed by atoms with Gasteiger partial charge in [-0.1, -0.05) is 6.92 Å². The molecule has 1 atom stereocenters. The van der Waals surface area contributed by atoms with Gasteiger partial charge in [0.15, 0.2) is 11.6 Å². The maximum Gasteiger partial charge on any atom is 0.235 e. The maximum atomic E-state index is 13.0. The van der Waals surface area contributed by atoms with Crippen LogP contribution in [0, 0.1) is 11.6 Å². The summed E-state index contributed by atoms with van der Waals surface area (Å²) in [5.74, 6) is -1.83. The number of carbonyl (C=O) groups is 1. The van der Waals surface area contributed by atoms with Crippen molar-refractivity contribution in [3.05, 3.63) is 29.8 Å². The van der Waals surface area contributed by atoms with Crippen molar-refractivity contribution in [2.45, 2.75) is 24.3 Å². The summed E-state index contributed by atoms with van der Waals surface area (Å²) in [6.45, 7) is 2.67. The van der Waals surface area contributed by atoms with Crippen molar-refractivity contribution >= 4 is 17.7 Å². The fraction of sp³-hybridized carbons (Fsp3) is 0.417. The minimum absolute atomic E-state index is 0.389. The van der Waals surface area contributed by atoms with Gasteiger partial charge in [-0.05, 0) is 31.2 Å². The van der Waals surface area contributed by atoms with Crippen molar-refractivity contribution in [3.8, 4) is 0 Å². The molecule has 0 aliphatic heterocycles. The van der Waals surface area contributed by atoms with Gasteiger partial charge in [0, 0.05) is 10.6 Å². The van der Waals surface area contributed by atoms with Gasteiger partial charge in [-0.25, -0.2) is 8.78 Å². The van der Waals surface area contributed by atoms with Crippen LogP contribution in [0.15, 0.2) is 23.1 Å². The van der Waals surface area contributed by atoms with Crippen LogP contribution in [0.4, 0.5) is 8.78 Å². The molecule has 0 saturated heterocycles. The number of thioether (sulfide) groups is 1. The molecule has 3 N–H and O–H groups in total. The molecule has 1 rings (SSSR count). The molecule has 0 heterocycles. The number of primary amides is 1. The van der Waals surface area contributed by atoms with E-state index in [9.17, 15) is 13.6 Å². The van der Waals surface area contributed by atoms with Crippen molar-refractivity contribution in [1.29, 1.82) is 0 Å². The lowest BCUT2D eigenvalue weighted by molar-refractivity contribution is -0.119. The number of nitrogens with one attached hydrogen (secondary N) is 1. The highest BCUT2D eigenvalue weighted by molar-refractivity contribution is 7.99. The van der Waals surface area contributed by atoms with Crippen molar-refractivity contribution in [2.24, 2.45) is 5.73 Å². The van der Waals surface area contributed by atoms with Gasteiger partial charge in [0.2, 0.25) is 5.91 Å².